The van der Waals surface area contributed by atoms with Crippen LogP contribution in [0.5, 0.6) is 5.88 Å². The van der Waals surface area contributed by atoms with Gasteiger partial charge in [-0.3, -0.25) is 0 Å². The van der Waals surface area contributed by atoms with E-state index in [4.69, 9.17) is 9.84 Å². The molecule has 2 heterocycles. The average Bonchev–Trinajstić information content (AvgIpc) is 2.77. The number of aromatic amines is 1. The van der Waals surface area contributed by atoms with Gasteiger partial charge in [-0.2, -0.15) is 0 Å². The van der Waals surface area contributed by atoms with Gasteiger partial charge >= 0.3 is 6.09 Å². The predicted octanol–water partition coefficient (Wildman–Crippen LogP) is 1.28. The number of nitrogens with one attached hydrogen (secondary N) is 1. The molecule has 1 amide bonds. The second-order valence-corrected chi connectivity index (χ2v) is 3.88. The van der Waals surface area contributed by atoms with E-state index in [2.05, 4.69) is 9.97 Å². The first kappa shape index (κ1) is 10.8. The number of imidazole rings is 1. The van der Waals surface area contributed by atoms with E-state index in [9.17, 15) is 4.79 Å². The van der Waals surface area contributed by atoms with E-state index in [1.165, 1.54) is 4.90 Å². The van der Waals surface area contributed by atoms with Crippen molar-refractivity contribution >= 4 is 6.09 Å². The number of carbonyl (C=O) groups is 1. The predicted molar refractivity (Wildman–Crippen MR) is 56.7 cm³/mol. The van der Waals surface area contributed by atoms with Crippen LogP contribution < -0.4 is 4.74 Å². The molecule has 88 valence electrons. The molecule has 0 radical (unpaired) electrons. The van der Waals surface area contributed by atoms with Gasteiger partial charge in [0.1, 0.15) is 5.82 Å². The zero-order valence-electron chi connectivity index (χ0n) is 9.14. The van der Waals surface area contributed by atoms with Gasteiger partial charge in [-0.05, 0) is 12.8 Å². The largest absolute Gasteiger partial charge is 0.481 e. The summed E-state index contributed by atoms with van der Waals surface area (Å²) >= 11 is 0. The van der Waals surface area contributed by atoms with Crippen LogP contribution in [0.4, 0.5) is 4.79 Å². The second-order valence-electron chi connectivity index (χ2n) is 3.88. The highest BCUT2D eigenvalue weighted by molar-refractivity contribution is 5.65. The van der Waals surface area contributed by atoms with Crippen molar-refractivity contribution in [2.45, 2.75) is 18.8 Å². The lowest BCUT2D eigenvalue weighted by atomic mass is 9.96. The minimum Gasteiger partial charge on any atom is -0.481 e. The van der Waals surface area contributed by atoms with E-state index in [-0.39, 0.29) is 0 Å². The molecule has 0 bridgehead atoms. The van der Waals surface area contributed by atoms with Crippen molar-refractivity contribution in [1.82, 2.24) is 14.9 Å². The van der Waals surface area contributed by atoms with Crippen LogP contribution >= 0.6 is 0 Å². The van der Waals surface area contributed by atoms with E-state index < -0.39 is 6.09 Å². The number of likely N-dealkylation sites (tertiary alicyclic amines) is 1. The molecule has 1 saturated heterocycles. The molecule has 2 rings (SSSR count). The summed E-state index contributed by atoms with van der Waals surface area (Å²) in [5.74, 6) is 1.84. The Balaban J connectivity index is 1.96. The van der Waals surface area contributed by atoms with Crippen LogP contribution in [0.3, 0.4) is 0 Å². The summed E-state index contributed by atoms with van der Waals surface area (Å²) in [4.78, 5) is 19.5. The van der Waals surface area contributed by atoms with Gasteiger partial charge in [-0.1, -0.05) is 0 Å². The maximum Gasteiger partial charge on any atom is 0.407 e. The van der Waals surface area contributed by atoms with Gasteiger partial charge in [0.05, 0.1) is 13.3 Å². The maximum atomic E-state index is 10.7. The van der Waals surface area contributed by atoms with Crippen LogP contribution in [0, 0.1) is 0 Å². The fraction of sp³-hybridized carbons (Fsp3) is 0.600. The molecule has 0 atom stereocenters. The Bertz CT molecular complexity index is 369. The zero-order chi connectivity index (χ0) is 11.5. The highest BCUT2D eigenvalue weighted by atomic mass is 16.5. The summed E-state index contributed by atoms with van der Waals surface area (Å²) in [6, 6.07) is 0. The van der Waals surface area contributed by atoms with Crippen LogP contribution in [0.2, 0.25) is 0 Å². The zero-order valence-corrected chi connectivity index (χ0v) is 9.14. The third kappa shape index (κ3) is 2.10. The minimum atomic E-state index is -0.838. The van der Waals surface area contributed by atoms with Crippen molar-refractivity contribution in [2.75, 3.05) is 20.2 Å². The normalized spacial score (nSPS) is 17.4. The molecule has 1 aromatic rings. The monoisotopic (exact) mass is 225 g/mol. The van der Waals surface area contributed by atoms with Crippen LogP contribution in [0.25, 0.3) is 0 Å². The number of amides is 1. The number of hydrogen-bond acceptors (Lipinski definition) is 3. The number of piperidine rings is 1. The van der Waals surface area contributed by atoms with Crippen LogP contribution in [-0.4, -0.2) is 46.3 Å². The topological polar surface area (TPSA) is 78.4 Å². The molecule has 0 saturated carbocycles. The number of ether oxygens (including phenoxy) is 1. The van der Waals surface area contributed by atoms with E-state index in [0.717, 1.165) is 18.7 Å². The first-order chi connectivity index (χ1) is 7.70. The van der Waals surface area contributed by atoms with Crippen molar-refractivity contribution in [2.24, 2.45) is 0 Å². The second kappa shape index (κ2) is 4.42. The van der Waals surface area contributed by atoms with Crippen LogP contribution in [0.1, 0.15) is 24.6 Å². The molecule has 6 nitrogen and oxygen atoms in total. The summed E-state index contributed by atoms with van der Waals surface area (Å²) < 4.78 is 5.02. The summed E-state index contributed by atoms with van der Waals surface area (Å²) in [6.45, 7) is 1.14. The molecule has 0 spiro atoms. The fourth-order valence-electron chi connectivity index (χ4n) is 1.97. The Hall–Kier alpha value is -1.72. The lowest BCUT2D eigenvalue weighted by Gasteiger charge is -2.28. The van der Waals surface area contributed by atoms with Crippen molar-refractivity contribution in [3.8, 4) is 5.88 Å². The molecule has 1 aromatic heterocycles. The van der Waals surface area contributed by atoms with Crippen LogP contribution in [0.15, 0.2) is 6.20 Å². The maximum absolute atomic E-state index is 10.7. The van der Waals surface area contributed by atoms with Crippen molar-refractivity contribution < 1.29 is 14.6 Å². The summed E-state index contributed by atoms with van der Waals surface area (Å²) in [7, 11) is 1.59. The third-order valence-corrected chi connectivity index (χ3v) is 2.94. The number of hydrogen-bond donors (Lipinski definition) is 2. The van der Waals surface area contributed by atoms with Crippen LogP contribution in [-0.2, 0) is 0 Å². The molecule has 0 aromatic carbocycles. The highest BCUT2D eigenvalue weighted by Gasteiger charge is 2.25. The van der Waals surface area contributed by atoms with E-state index in [1.807, 2.05) is 0 Å². The fourth-order valence-corrected chi connectivity index (χ4v) is 1.97. The number of nitrogens with zero attached hydrogens (tertiary/aromatic N) is 2. The van der Waals surface area contributed by atoms with Gasteiger partial charge in [0, 0.05) is 19.0 Å². The number of rotatable bonds is 2. The van der Waals surface area contributed by atoms with Crippen molar-refractivity contribution in [3.05, 3.63) is 12.0 Å². The minimum absolute atomic E-state index is 0.305. The van der Waals surface area contributed by atoms with Gasteiger partial charge in [0.25, 0.3) is 0 Å². The summed E-state index contributed by atoms with van der Waals surface area (Å²) in [5.41, 5.74) is 0. The number of carboxylic acid groups (broad SMARTS) is 1. The molecule has 1 aliphatic rings. The molecule has 0 unspecified atom stereocenters. The molecule has 16 heavy (non-hydrogen) atoms. The molecule has 0 aliphatic carbocycles. The van der Waals surface area contributed by atoms with E-state index in [0.29, 0.717) is 24.9 Å². The molecular weight excluding hydrogens is 210 g/mol. The Kier molecular flexibility index (Phi) is 2.98. The summed E-state index contributed by atoms with van der Waals surface area (Å²) in [5, 5.41) is 8.82. The van der Waals surface area contributed by atoms with Crippen molar-refractivity contribution in [1.29, 1.82) is 0 Å². The van der Waals surface area contributed by atoms with Crippen molar-refractivity contribution in [3.63, 3.8) is 0 Å². The van der Waals surface area contributed by atoms with Gasteiger partial charge in [-0.25, -0.2) is 9.78 Å². The molecule has 1 fully saturated rings. The standard InChI is InChI=1S/C10H15N3O3/c1-16-8-6-11-9(12-8)7-2-4-13(5-3-7)10(14)15/h6-7H,2-5H2,1H3,(H,11,12)(H,14,15). The Morgan fingerprint density at radius 2 is 2.31 bits per heavy atom. The van der Waals surface area contributed by atoms with Gasteiger partial charge in [-0.15, -0.1) is 0 Å². The van der Waals surface area contributed by atoms with Gasteiger partial charge in [0.15, 0.2) is 0 Å². The van der Waals surface area contributed by atoms with Gasteiger partial charge < -0.3 is 19.7 Å². The summed E-state index contributed by atoms with van der Waals surface area (Å²) in [6.07, 6.45) is 2.43. The Morgan fingerprint density at radius 3 is 2.81 bits per heavy atom. The molecule has 2 N–H and O–H groups in total. The Labute approximate surface area is 93.2 Å². The number of H-pyrrole nitrogens is 1. The number of aromatic nitrogens is 2. The molecular formula is C10H15N3O3. The number of methoxy groups -OCH3 is 1. The smallest absolute Gasteiger partial charge is 0.407 e. The molecule has 6 heteroatoms. The lowest BCUT2D eigenvalue weighted by Crippen LogP contribution is -2.37. The first-order valence-electron chi connectivity index (χ1n) is 5.27. The highest BCUT2D eigenvalue weighted by Crippen LogP contribution is 2.26. The quantitative estimate of drug-likeness (QED) is 0.794. The first-order valence-corrected chi connectivity index (χ1v) is 5.27. The molecule has 1 aliphatic heterocycles. The van der Waals surface area contributed by atoms with E-state index in [1.54, 1.807) is 13.3 Å². The van der Waals surface area contributed by atoms with E-state index >= 15 is 0 Å². The van der Waals surface area contributed by atoms with Gasteiger partial charge in [0.2, 0.25) is 5.88 Å². The Morgan fingerprint density at radius 1 is 1.62 bits per heavy atom. The SMILES string of the molecule is COc1cnc(C2CCN(C(=O)O)CC2)[nH]1. The third-order valence-electron chi connectivity index (χ3n) is 2.94. The lowest BCUT2D eigenvalue weighted by molar-refractivity contribution is 0.131. The average molecular weight is 225 g/mol.